The largest absolute Gasteiger partial charge is 0.449 e. The van der Waals surface area contributed by atoms with Crippen LogP contribution in [0.15, 0.2) is 47.2 Å². The van der Waals surface area contributed by atoms with Crippen molar-refractivity contribution in [3.05, 3.63) is 63.9 Å². The Morgan fingerprint density at radius 3 is 2.73 bits per heavy atom. The van der Waals surface area contributed by atoms with Gasteiger partial charge in [0.2, 0.25) is 5.91 Å². The Hall–Kier alpha value is -2.21. The van der Waals surface area contributed by atoms with Crippen molar-refractivity contribution in [2.24, 2.45) is 0 Å². The van der Waals surface area contributed by atoms with E-state index in [1.807, 2.05) is 35.2 Å². The van der Waals surface area contributed by atoms with Crippen molar-refractivity contribution in [1.82, 2.24) is 9.88 Å². The monoisotopic (exact) mass is 412 g/mol. The van der Waals surface area contributed by atoms with Crippen LogP contribution in [0.4, 0.5) is 0 Å². The van der Waals surface area contributed by atoms with Gasteiger partial charge in [-0.25, -0.2) is 4.79 Å². The lowest BCUT2D eigenvalue weighted by atomic mass is 9.92. The summed E-state index contributed by atoms with van der Waals surface area (Å²) in [5, 5.41) is 0. The molecule has 1 atom stereocenters. The lowest BCUT2D eigenvalue weighted by Crippen LogP contribution is -2.40. The van der Waals surface area contributed by atoms with Gasteiger partial charge in [0.1, 0.15) is 0 Å². The topological polar surface area (TPSA) is 59.5 Å². The van der Waals surface area contributed by atoms with Crippen LogP contribution in [0.3, 0.4) is 0 Å². The third-order valence-electron chi connectivity index (χ3n) is 5.89. The van der Waals surface area contributed by atoms with Crippen LogP contribution in [0.1, 0.15) is 40.7 Å². The van der Waals surface area contributed by atoms with Crippen LogP contribution in [0.25, 0.3) is 0 Å². The number of carbonyl (C=O) groups excluding carboxylic acids is 2. The second kappa shape index (κ2) is 5.39. The summed E-state index contributed by atoms with van der Waals surface area (Å²) in [5.74, 6) is -0.200. The van der Waals surface area contributed by atoms with E-state index in [1.165, 1.54) is 0 Å². The molecule has 1 saturated carbocycles. The van der Waals surface area contributed by atoms with Crippen LogP contribution >= 0.6 is 15.9 Å². The molecule has 2 fully saturated rings. The van der Waals surface area contributed by atoms with Crippen molar-refractivity contribution in [1.29, 1.82) is 0 Å². The van der Waals surface area contributed by atoms with Gasteiger partial charge in [0, 0.05) is 35.4 Å². The van der Waals surface area contributed by atoms with Gasteiger partial charge in [0.15, 0.2) is 5.60 Å². The molecule has 3 heterocycles. The minimum absolute atomic E-state index is 0.139. The number of esters is 1. The van der Waals surface area contributed by atoms with Crippen molar-refractivity contribution in [3.63, 3.8) is 0 Å². The van der Waals surface area contributed by atoms with Gasteiger partial charge in [-0.3, -0.25) is 9.78 Å². The molecule has 2 aliphatic heterocycles. The molecular weight excluding hydrogens is 396 g/mol. The number of benzene rings is 1. The standard InChI is InChI=1S/C20H17BrN2O3/c21-16-4-2-1-3-15(16)19(6-7-19)18(25)23-10-8-20(12-23)14-5-9-22-11-13(14)17(24)26-20/h1-5,9,11H,6-8,10,12H2. The highest BCUT2D eigenvalue weighted by atomic mass is 79.9. The normalized spacial score (nSPS) is 25.3. The zero-order valence-corrected chi connectivity index (χ0v) is 15.7. The van der Waals surface area contributed by atoms with E-state index in [0.717, 1.165) is 28.4 Å². The molecule has 5 rings (SSSR count). The van der Waals surface area contributed by atoms with Gasteiger partial charge in [0.25, 0.3) is 0 Å². The molecule has 1 unspecified atom stereocenters. The Balaban J connectivity index is 1.45. The highest BCUT2D eigenvalue weighted by molar-refractivity contribution is 9.10. The number of amides is 1. The average Bonchev–Trinajstić information content (AvgIpc) is 3.28. The minimum atomic E-state index is -0.713. The summed E-state index contributed by atoms with van der Waals surface area (Å²) in [6, 6.07) is 9.78. The second-order valence-electron chi connectivity index (χ2n) is 7.34. The van der Waals surface area contributed by atoms with Gasteiger partial charge in [-0.2, -0.15) is 0 Å². The van der Waals surface area contributed by atoms with Crippen LogP contribution < -0.4 is 0 Å². The van der Waals surface area contributed by atoms with E-state index in [0.29, 0.717) is 25.1 Å². The first kappa shape index (κ1) is 16.0. The van der Waals surface area contributed by atoms with Gasteiger partial charge < -0.3 is 9.64 Å². The highest BCUT2D eigenvalue weighted by Gasteiger charge is 2.58. The molecule has 1 aliphatic carbocycles. The molecule has 6 heteroatoms. The Morgan fingerprint density at radius 1 is 1.15 bits per heavy atom. The summed E-state index contributed by atoms with van der Waals surface area (Å²) >= 11 is 3.59. The maximum absolute atomic E-state index is 13.4. The van der Waals surface area contributed by atoms with Crippen LogP contribution in [0, 0.1) is 0 Å². The molecule has 0 bridgehead atoms. The molecule has 1 amide bonds. The predicted molar refractivity (Wildman–Crippen MR) is 97.6 cm³/mol. The lowest BCUT2D eigenvalue weighted by molar-refractivity contribution is -0.134. The molecule has 1 aromatic carbocycles. The van der Waals surface area contributed by atoms with Crippen molar-refractivity contribution in [2.75, 3.05) is 13.1 Å². The maximum Gasteiger partial charge on any atom is 0.341 e. The molecular formula is C20H17BrN2O3. The molecule has 0 N–H and O–H groups in total. The van der Waals surface area contributed by atoms with Gasteiger partial charge in [0.05, 0.1) is 17.5 Å². The number of likely N-dealkylation sites (tertiary alicyclic amines) is 1. The van der Waals surface area contributed by atoms with Gasteiger partial charge >= 0.3 is 5.97 Å². The Kier molecular flexibility index (Phi) is 3.32. The van der Waals surface area contributed by atoms with E-state index in [9.17, 15) is 9.59 Å². The molecule has 1 saturated heterocycles. The number of rotatable bonds is 2. The number of aromatic nitrogens is 1. The van der Waals surface area contributed by atoms with Crippen molar-refractivity contribution >= 4 is 27.8 Å². The average molecular weight is 413 g/mol. The number of carbonyl (C=O) groups is 2. The summed E-state index contributed by atoms with van der Waals surface area (Å²) in [6.45, 7) is 1.01. The fourth-order valence-electron chi connectivity index (χ4n) is 4.38. The Bertz CT molecular complexity index is 940. The fourth-order valence-corrected chi connectivity index (χ4v) is 5.04. The molecule has 1 spiro atoms. The van der Waals surface area contributed by atoms with Crippen LogP contribution in [-0.2, 0) is 20.5 Å². The van der Waals surface area contributed by atoms with Crippen LogP contribution in [0.5, 0.6) is 0 Å². The number of fused-ring (bicyclic) bond motifs is 2. The summed E-state index contributed by atoms with van der Waals surface area (Å²) in [6.07, 6.45) is 5.58. The maximum atomic E-state index is 13.4. The Labute approximate surface area is 159 Å². The highest BCUT2D eigenvalue weighted by Crippen LogP contribution is 2.53. The minimum Gasteiger partial charge on any atom is -0.449 e. The summed E-state index contributed by atoms with van der Waals surface area (Å²) in [7, 11) is 0. The summed E-state index contributed by atoms with van der Waals surface area (Å²) in [4.78, 5) is 31.5. The predicted octanol–water partition coefficient (Wildman–Crippen LogP) is 3.17. The van der Waals surface area contributed by atoms with Crippen LogP contribution in [-0.4, -0.2) is 34.8 Å². The van der Waals surface area contributed by atoms with Crippen molar-refractivity contribution in [3.8, 4) is 0 Å². The SMILES string of the molecule is O=C1OC2(CCN(C(=O)C3(c4ccccc4Br)CC3)C2)c2ccncc21. The van der Waals surface area contributed by atoms with Crippen molar-refractivity contribution < 1.29 is 14.3 Å². The molecule has 1 aromatic heterocycles. The number of pyridine rings is 1. The van der Waals surface area contributed by atoms with Crippen LogP contribution in [0.2, 0.25) is 0 Å². The quantitative estimate of drug-likeness (QED) is 0.710. The molecule has 2 aromatic rings. The van der Waals surface area contributed by atoms with Gasteiger partial charge in [-0.05, 0) is 30.5 Å². The third-order valence-corrected chi connectivity index (χ3v) is 6.58. The second-order valence-corrected chi connectivity index (χ2v) is 8.20. The van der Waals surface area contributed by atoms with Gasteiger partial charge in [-0.1, -0.05) is 34.1 Å². The number of nitrogens with zero attached hydrogens (tertiary/aromatic N) is 2. The third kappa shape index (κ3) is 2.11. The zero-order valence-electron chi connectivity index (χ0n) is 14.1. The van der Waals surface area contributed by atoms with Gasteiger partial charge in [-0.15, -0.1) is 0 Å². The zero-order chi connectivity index (χ0) is 17.9. The van der Waals surface area contributed by atoms with E-state index in [-0.39, 0.29) is 11.9 Å². The molecule has 0 radical (unpaired) electrons. The number of hydrogen-bond acceptors (Lipinski definition) is 4. The first-order chi connectivity index (χ1) is 12.6. The number of ether oxygens (including phenoxy) is 1. The molecule has 3 aliphatic rings. The van der Waals surface area contributed by atoms with E-state index in [4.69, 9.17) is 4.74 Å². The number of halogens is 1. The fraction of sp³-hybridized carbons (Fsp3) is 0.350. The molecule has 132 valence electrons. The van der Waals surface area contributed by atoms with E-state index in [2.05, 4.69) is 20.9 Å². The van der Waals surface area contributed by atoms with Crippen molar-refractivity contribution in [2.45, 2.75) is 30.3 Å². The lowest BCUT2D eigenvalue weighted by Gasteiger charge is -2.27. The molecule has 26 heavy (non-hydrogen) atoms. The summed E-state index contributed by atoms with van der Waals surface area (Å²) < 4.78 is 6.72. The first-order valence-electron chi connectivity index (χ1n) is 8.78. The van der Waals surface area contributed by atoms with E-state index < -0.39 is 11.0 Å². The van der Waals surface area contributed by atoms with E-state index in [1.54, 1.807) is 12.4 Å². The first-order valence-corrected chi connectivity index (χ1v) is 9.57. The smallest absolute Gasteiger partial charge is 0.341 e. The number of hydrogen-bond donors (Lipinski definition) is 0. The summed E-state index contributed by atoms with van der Waals surface area (Å²) in [5.41, 5.74) is 1.29. The Morgan fingerprint density at radius 2 is 1.96 bits per heavy atom. The molecule has 5 nitrogen and oxygen atoms in total. The van der Waals surface area contributed by atoms with E-state index >= 15 is 0 Å².